The van der Waals surface area contributed by atoms with E-state index >= 15 is 0 Å². The average molecular weight is 284 g/mol. The first-order valence-electron chi connectivity index (χ1n) is 8.05. The van der Waals surface area contributed by atoms with Crippen LogP contribution in [-0.4, -0.2) is 38.1 Å². The Kier molecular flexibility index (Phi) is 6.21. The van der Waals surface area contributed by atoms with Gasteiger partial charge in [0.05, 0.1) is 0 Å². The number of hydrogen-bond acceptors (Lipinski definition) is 2. The van der Waals surface area contributed by atoms with E-state index in [-0.39, 0.29) is 0 Å². The van der Waals surface area contributed by atoms with Crippen LogP contribution in [-0.2, 0) is 6.42 Å². The second-order valence-electron chi connectivity index (χ2n) is 6.09. The van der Waals surface area contributed by atoms with E-state index in [1.807, 2.05) is 0 Å². The fraction of sp³-hybridized carbons (Fsp3) is 0.474. The van der Waals surface area contributed by atoms with Crippen molar-refractivity contribution >= 4 is 10.8 Å². The van der Waals surface area contributed by atoms with Gasteiger partial charge in [0.1, 0.15) is 0 Å². The van der Waals surface area contributed by atoms with Crippen molar-refractivity contribution in [2.75, 3.05) is 27.2 Å². The number of nitrogens with one attached hydrogen (secondary N) is 1. The van der Waals surface area contributed by atoms with Crippen molar-refractivity contribution in [2.24, 2.45) is 0 Å². The van der Waals surface area contributed by atoms with Gasteiger partial charge in [0.15, 0.2) is 0 Å². The van der Waals surface area contributed by atoms with Gasteiger partial charge in [-0.2, -0.15) is 0 Å². The molecular formula is C19H28N2. The monoisotopic (exact) mass is 284 g/mol. The quantitative estimate of drug-likeness (QED) is 0.795. The van der Waals surface area contributed by atoms with E-state index in [0.717, 1.165) is 19.5 Å². The molecule has 0 saturated carbocycles. The summed E-state index contributed by atoms with van der Waals surface area (Å²) in [4.78, 5) is 2.27. The van der Waals surface area contributed by atoms with Crippen LogP contribution in [0.5, 0.6) is 0 Å². The second-order valence-corrected chi connectivity index (χ2v) is 6.09. The van der Waals surface area contributed by atoms with Crippen molar-refractivity contribution in [2.45, 2.75) is 32.2 Å². The average Bonchev–Trinajstić information content (AvgIpc) is 2.50. The van der Waals surface area contributed by atoms with Gasteiger partial charge in [-0.15, -0.1) is 0 Å². The molecule has 0 aliphatic heterocycles. The molecule has 0 aliphatic rings. The number of fused-ring (bicyclic) bond motifs is 1. The van der Waals surface area contributed by atoms with Crippen LogP contribution in [0.15, 0.2) is 42.5 Å². The lowest BCUT2D eigenvalue weighted by Gasteiger charge is -2.21. The summed E-state index contributed by atoms with van der Waals surface area (Å²) in [6.07, 6.45) is 3.49. The molecule has 0 spiro atoms. The smallest absolute Gasteiger partial charge is 0.0120 e. The third kappa shape index (κ3) is 4.83. The first-order chi connectivity index (χ1) is 10.2. The van der Waals surface area contributed by atoms with E-state index in [1.165, 1.54) is 29.2 Å². The first-order valence-corrected chi connectivity index (χ1v) is 8.05. The molecular weight excluding hydrogens is 256 g/mol. The molecule has 0 saturated heterocycles. The molecule has 0 bridgehead atoms. The van der Waals surface area contributed by atoms with Crippen molar-refractivity contribution in [3.8, 4) is 0 Å². The normalized spacial score (nSPS) is 13.0. The standard InChI is InChI=1S/C19H28N2/c1-4-13-20-18(12-14-21(2)3)15-17-10-7-9-16-8-5-6-11-19(16)17/h5-11,18,20H,4,12-15H2,1-3H3. The lowest BCUT2D eigenvalue weighted by Crippen LogP contribution is -2.34. The fourth-order valence-corrected chi connectivity index (χ4v) is 2.77. The molecule has 114 valence electrons. The van der Waals surface area contributed by atoms with Crippen LogP contribution in [0.3, 0.4) is 0 Å². The van der Waals surface area contributed by atoms with Gasteiger partial charge in [-0.3, -0.25) is 0 Å². The highest BCUT2D eigenvalue weighted by atomic mass is 15.1. The van der Waals surface area contributed by atoms with Crippen molar-refractivity contribution < 1.29 is 0 Å². The molecule has 0 fully saturated rings. The summed E-state index contributed by atoms with van der Waals surface area (Å²) in [6.45, 7) is 4.46. The third-order valence-electron chi connectivity index (χ3n) is 3.95. The van der Waals surface area contributed by atoms with E-state index in [0.29, 0.717) is 6.04 Å². The highest BCUT2D eigenvalue weighted by molar-refractivity contribution is 5.85. The van der Waals surface area contributed by atoms with Gasteiger partial charge in [-0.25, -0.2) is 0 Å². The Bertz CT molecular complexity index is 543. The Morgan fingerprint density at radius 2 is 1.81 bits per heavy atom. The van der Waals surface area contributed by atoms with Gasteiger partial charge in [0.2, 0.25) is 0 Å². The molecule has 2 aromatic rings. The van der Waals surface area contributed by atoms with E-state index in [1.54, 1.807) is 0 Å². The zero-order valence-electron chi connectivity index (χ0n) is 13.6. The topological polar surface area (TPSA) is 15.3 Å². The minimum atomic E-state index is 0.554. The molecule has 0 aliphatic carbocycles. The van der Waals surface area contributed by atoms with Crippen molar-refractivity contribution in [3.63, 3.8) is 0 Å². The lowest BCUT2D eigenvalue weighted by molar-refractivity contribution is 0.356. The summed E-state index contributed by atoms with van der Waals surface area (Å²) in [7, 11) is 4.30. The number of rotatable bonds is 8. The molecule has 1 N–H and O–H groups in total. The van der Waals surface area contributed by atoms with Gasteiger partial charge in [0, 0.05) is 6.04 Å². The summed E-state index contributed by atoms with van der Waals surface area (Å²) >= 11 is 0. The van der Waals surface area contributed by atoms with Crippen molar-refractivity contribution in [3.05, 3.63) is 48.0 Å². The molecule has 2 aromatic carbocycles. The SMILES string of the molecule is CCCNC(CCN(C)C)Cc1cccc2ccccc12. The highest BCUT2D eigenvalue weighted by Crippen LogP contribution is 2.20. The van der Waals surface area contributed by atoms with Crippen LogP contribution >= 0.6 is 0 Å². The minimum Gasteiger partial charge on any atom is -0.314 e. The van der Waals surface area contributed by atoms with Crippen molar-refractivity contribution in [1.29, 1.82) is 0 Å². The predicted molar refractivity (Wildman–Crippen MR) is 92.9 cm³/mol. The molecule has 2 rings (SSSR count). The number of benzene rings is 2. The molecule has 1 unspecified atom stereocenters. The summed E-state index contributed by atoms with van der Waals surface area (Å²) in [5, 5.41) is 6.45. The van der Waals surface area contributed by atoms with E-state index in [4.69, 9.17) is 0 Å². The first kappa shape index (κ1) is 16.0. The van der Waals surface area contributed by atoms with Crippen LogP contribution in [0.1, 0.15) is 25.3 Å². The Labute approximate surface area is 129 Å². The van der Waals surface area contributed by atoms with Gasteiger partial charge < -0.3 is 10.2 Å². The molecule has 0 amide bonds. The van der Waals surface area contributed by atoms with E-state index in [9.17, 15) is 0 Å². The second kappa shape index (κ2) is 8.16. The number of hydrogen-bond donors (Lipinski definition) is 1. The maximum atomic E-state index is 3.71. The van der Waals surface area contributed by atoms with E-state index in [2.05, 4.69) is 73.7 Å². The minimum absolute atomic E-state index is 0.554. The zero-order chi connectivity index (χ0) is 15.1. The maximum absolute atomic E-state index is 3.71. The number of nitrogens with zero attached hydrogens (tertiary/aromatic N) is 1. The largest absolute Gasteiger partial charge is 0.314 e. The summed E-state index contributed by atoms with van der Waals surface area (Å²) in [5.41, 5.74) is 1.46. The summed E-state index contributed by atoms with van der Waals surface area (Å²) in [5.74, 6) is 0. The molecule has 2 nitrogen and oxygen atoms in total. The van der Waals surface area contributed by atoms with Gasteiger partial charge >= 0.3 is 0 Å². The van der Waals surface area contributed by atoms with Gasteiger partial charge in [-0.1, -0.05) is 49.4 Å². The van der Waals surface area contributed by atoms with Gasteiger partial charge in [0.25, 0.3) is 0 Å². The van der Waals surface area contributed by atoms with Crippen LogP contribution in [0.2, 0.25) is 0 Å². The highest BCUT2D eigenvalue weighted by Gasteiger charge is 2.11. The maximum Gasteiger partial charge on any atom is 0.0120 e. The molecule has 0 radical (unpaired) electrons. The Balaban J connectivity index is 2.13. The van der Waals surface area contributed by atoms with Crippen LogP contribution < -0.4 is 5.32 Å². The Morgan fingerprint density at radius 1 is 1.05 bits per heavy atom. The Hall–Kier alpha value is -1.38. The predicted octanol–water partition coefficient (Wildman–Crippen LogP) is 3.70. The Morgan fingerprint density at radius 3 is 2.57 bits per heavy atom. The van der Waals surface area contributed by atoms with Crippen LogP contribution in [0.4, 0.5) is 0 Å². The zero-order valence-corrected chi connectivity index (χ0v) is 13.6. The summed E-state index contributed by atoms with van der Waals surface area (Å²) < 4.78 is 0. The molecule has 21 heavy (non-hydrogen) atoms. The van der Waals surface area contributed by atoms with Crippen LogP contribution in [0.25, 0.3) is 10.8 Å². The molecule has 0 aromatic heterocycles. The summed E-state index contributed by atoms with van der Waals surface area (Å²) in [6, 6.07) is 15.9. The molecule has 2 heteroatoms. The van der Waals surface area contributed by atoms with Gasteiger partial charge in [-0.05, 0) is 62.8 Å². The molecule has 0 heterocycles. The molecule has 1 atom stereocenters. The van der Waals surface area contributed by atoms with Crippen molar-refractivity contribution in [1.82, 2.24) is 10.2 Å². The van der Waals surface area contributed by atoms with Crippen LogP contribution in [0, 0.1) is 0 Å². The third-order valence-corrected chi connectivity index (χ3v) is 3.95. The lowest BCUT2D eigenvalue weighted by atomic mass is 9.97. The fourth-order valence-electron chi connectivity index (χ4n) is 2.77. The van der Waals surface area contributed by atoms with E-state index < -0.39 is 0 Å².